The van der Waals surface area contributed by atoms with Crippen LogP contribution in [0.3, 0.4) is 0 Å². The van der Waals surface area contributed by atoms with E-state index in [1.165, 1.54) is 5.56 Å². The molecule has 2 nitrogen and oxygen atoms in total. The fourth-order valence-electron chi connectivity index (χ4n) is 1.65. The van der Waals surface area contributed by atoms with Gasteiger partial charge in [0.25, 0.3) is 0 Å². The largest absolute Gasteiger partial charge is 0.353 e. The van der Waals surface area contributed by atoms with Gasteiger partial charge in [-0.05, 0) is 24.8 Å². The summed E-state index contributed by atoms with van der Waals surface area (Å²) in [6.45, 7) is 2.08. The topological polar surface area (TPSA) is 29.1 Å². The molecule has 0 aliphatic heterocycles. The van der Waals surface area contributed by atoms with Crippen LogP contribution in [-0.4, -0.2) is 17.3 Å². The SMILES string of the molecule is CCC(CBr)NC(=O)CCCc1ccccc1. The van der Waals surface area contributed by atoms with E-state index < -0.39 is 0 Å². The third-order valence-electron chi connectivity index (χ3n) is 2.76. The minimum Gasteiger partial charge on any atom is -0.353 e. The summed E-state index contributed by atoms with van der Waals surface area (Å²) in [6.07, 6.45) is 3.46. The Morgan fingerprint density at radius 1 is 1.35 bits per heavy atom. The normalized spacial score (nSPS) is 12.1. The lowest BCUT2D eigenvalue weighted by Gasteiger charge is -2.13. The highest BCUT2D eigenvalue weighted by Crippen LogP contribution is 2.05. The average molecular weight is 298 g/mol. The molecular weight excluding hydrogens is 278 g/mol. The maximum absolute atomic E-state index is 11.6. The summed E-state index contributed by atoms with van der Waals surface area (Å²) in [4.78, 5) is 11.6. The Hall–Kier alpha value is -0.830. The molecule has 94 valence electrons. The second-order valence-corrected chi connectivity index (χ2v) is 4.81. The second kappa shape index (κ2) is 8.29. The van der Waals surface area contributed by atoms with Crippen LogP contribution >= 0.6 is 15.9 Å². The average Bonchev–Trinajstić information content (AvgIpc) is 2.37. The lowest BCUT2D eigenvalue weighted by molar-refractivity contribution is -0.121. The number of rotatable bonds is 7. The number of aryl methyl sites for hydroxylation is 1. The van der Waals surface area contributed by atoms with Crippen molar-refractivity contribution in [3.63, 3.8) is 0 Å². The van der Waals surface area contributed by atoms with Crippen LogP contribution in [-0.2, 0) is 11.2 Å². The van der Waals surface area contributed by atoms with Gasteiger partial charge in [0.05, 0.1) is 0 Å². The Labute approximate surface area is 112 Å². The number of alkyl halides is 1. The van der Waals surface area contributed by atoms with Crippen LogP contribution in [0.1, 0.15) is 31.7 Å². The molecule has 1 aromatic rings. The molecule has 0 spiro atoms. The molecule has 1 rings (SSSR count). The number of hydrogen-bond donors (Lipinski definition) is 1. The zero-order chi connectivity index (χ0) is 12.5. The smallest absolute Gasteiger partial charge is 0.220 e. The van der Waals surface area contributed by atoms with Gasteiger partial charge in [0.2, 0.25) is 5.91 Å². The van der Waals surface area contributed by atoms with E-state index in [4.69, 9.17) is 0 Å². The summed E-state index contributed by atoms with van der Waals surface area (Å²) >= 11 is 3.39. The highest BCUT2D eigenvalue weighted by Gasteiger charge is 2.08. The predicted molar refractivity (Wildman–Crippen MR) is 75.4 cm³/mol. The van der Waals surface area contributed by atoms with Gasteiger partial charge in [-0.2, -0.15) is 0 Å². The van der Waals surface area contributed by atoms with Crippen molar-refractivity contribution in [2.75, 3.05) is 5.33 Å². The maximum atomic E-state index is 11.6. The van der Waals surface area contributed by atoms with Gasteiger partial charge < -0.3 is 5.32 Å². The molecular formula is C14H20BrNO. The fourth-order valence-corrected chi connectivity index (χ4v) is 2.27. The molecule has 0 aromatic heterocycles. The first-order chi connectivity index (χ1) is 8.26. The van der Waals surface area contributed by atoms with Crippen LogP contribution in [0, 0.1) is 0 Å². The number of amides is 1. The molecule has 1 N–H and O–H groups in total. The van der Waals surface area contributed by atoms with Gasteiger partial charge >= 0.3 is 0 Å². The van der Waals surface area contributed by atoms with Crippen LogP contribution < -0.4 is 5.32 Å². The Kier molecular flexibility index (Phi) is 6.94. The summed E-state index contributed by atoms with van der Waals surface area (Å²) in [7, 11) is 0. The molecule has 1 unspecified atom stereocenters. The molecule has 1 aromatic carbocycles. The van der Waals surface area contributed by atoms with Crippen molar-refractivity contribution in [3.05, 3.63) is 35.9 Å². The third kappa shape index (κ3) is 5.87. The fraction of sp³-hybridized carbons (Fsp3) is 0.500. The minimum absolute atomic E-state index is 0.159. The van der Waals surface area contributed by atoms with Crippen LogP contribution in [0.25, 0.3) is 0 Å². The number of carbonyl (C=O) groups excluding carboxylic acids is 1. The molecule has 0 fully saturated rings. The molecule has 17 heavy (non-hydrogen) atoms. The van der Waals surface area contributed by atoms with Gasteiger partial charge in [-0.1, -0.05) is 53.2 Å². The zero-order valence-electron chi connectivity index (χ0n) is 10.3. The monoisotopic (exact) mass is 297 g/mol. The Bertz CT molecular complexity index is 322. The quantitative estimate of drug-likeness (QED) is 0.769. The van der Waals surface area contributed by atoms with Crippen molar-refractivity contribution in [2.24, 2.45) is 0 Å². The molecule has 0 aliphatic rings. The summed E-state index contributed by atoms with van der Waals surface area (Å²) < 4.78 is 0. The summed E-state index contributed by atoms with van der Waals surface area (Å²) in [5, 5.41) is 3.84. The summed E-state index contributed by atoms with van der Waals surface area (Å²) in [5.74, 6) is 0.159. The summed E-state index contributed by atoms with van der Waals surface area (Å²) in [5.41, 5.74) is 1.30. The van der Waals surface area contributed by atoms with Crippen molar-refractivity contribution in [2.45, 2.75) is 38.6 Å². The van der Waals surface area contributed by atoms with E-state index in [1.54, 1.807) is 0 Å². The number of carbonyl (C=O) groups is 1. The standard InChI is InChI=1S/C14H20BrNO/c1-2-13(11-15)16-14(17)10-6-9-12-7-4-3-5-8-12/h3-5,7-8,13H,2,6,9-11H2,1H3,(H,16,17). The van der Waals surface area contributed by atoms with Gasteiger partial charge in [-0.25, -0.2) is 0 Å². The highest BCUT2D eigenvalue weighted by molar-refractivity contribution is 9.09. The maximum Gasteiger partial charge on any atom is 0.220 e. The third-order valence-corrected chi connectivity index (χ3v) is 3.54. The predicted octanol–water partition coefficient (Wildman–Crippen LogP) is 3.30. The van der Waals surface area contributed by atoms with Crippen molar-refractivity contribution in [1.29, 1.82) is 0 Å². The summed E-state index contributed by atoms with van der Waals surface area (Å²) in [6, 6.07) is 10.6. The van der Waals surface area contributed by atoms with Crippen molar-refractivity contribution >= 4 is 21.8 Å². The van der Waals surface area contributed by atoms with Gasteiger partial charge in [0, 0.05) is 17.8 Å². The molecule has 1 atom stereocenters. The number of halogens is 1. The Morgan fingerprint density at radius 3 is 2.65 bits per heavy atom. The number of benzene rings is 1. The molecule has 0 saturated heterocycles. The molecule has 0 radical (unpaired) electrons. The van der Waals surface area contributed by atoms with Crippen LogP contribution in [0.5, 0.6) is 0 Å². The van der Waals surface area contributed by atoms with Crippen LogP contribution in [0.4, 0.5) is 0 Å². The van der Waals surface area contributed by atoms with E-state index in [0.717, 1.165) is 24.6 Å². The molecule has 0 bridgehead atoms. The Balaban J connectivity index is 2.20. The second-order valence-electron chi connectivity index (χ2n) is 4.17. The zero-order valence-corrected chi connectivity index (χ0v) is 11.9. The molecule has 3 heteroatoms. The first-order valence-corrected chi connectivity index (χ1v) is 7.27. The van der Waals surface area contributed by atoms with Gasteiger partial charge in [0.1, 0.15) is 0 Å². The molecule has 1 amide bonds. The van der Waals surface area contributed by atoms with Gasteiger partial charge in [0.15, 0.2) is 0 Å². The van der Waals surface area contributed by atoms with Crippen LogP contribution in [0.15, 0.2) is 30.3 Å². The first-order valence-electron chi connectivity index (χ1n) is 6.15. The minimum atomic E-state index is 0.159. The number of nitrogens with one attached hydrogen (secondary N) is 1. The number of hydrogen-bond acceptors (Lipinski definition) is 1. The van der Waals surface area contributed by atoms with Gasteiger partial charge in [-0.3, -0.25) is 4.79 Å². The lowest BCUT2D eigenvalue weighted by atomic mass is 10.1. The first kappa shape index (κ1) is 14.2. The van der Waals surface area contributed by atoms with E-state index in [9.17, 15) is 4.79 Å². The van der Waals surface area contributed by atoms with E-state index in [0.29, 0.717) is 6.42 Å². The molecule has 0 saturated carbocycles. The van der Waals surface area contributed by atoms with Crippen LogP contribution in [0.2, 0.25) is 0 Å². The van der Waals surface area contributed by atoms with E-state index in [2.05, 4.69) is 40.3 Å². The van der Waals surface area contributed by atoms with Gasteiger partial charge in [-0.15, -0.1) is 0 Å². The highest BCUT2D eigenvalue weighted by atomic mass is 79.9. The van der Waals surface area contributed by atoms with Crippen molar-refractivity contribution < 1.29 is 4.79 Å². The van der Waals surface area contributed by atoms with Crippen molar-refractivity contribution in [3.8, 4) is 0 Å². The molecule has 0 aliphatic carbocycles. The van der Waals surface area contributed by atoms with E-state index >= 15 is 0 Å². The van der Waals surface area contributed by atoms with E-state index in [-0.39, 0.29) is 11.9 Å². The Morgan fingerprint density at radius 2 is 2.06 bits per heavy atom. The van der Waals surface area contributed by atoms with Crippen molar-refractivity contribution in [1.82, 2.24) is 5.32 Å². The lowest BCUT2D eigenvalue weighted by Crippen LogP contribution is -2.35. The molecule has 0 heterocycles. The van der Waals surface area contributed by atoms with E-state index in [1.807, 2.05) is 18.2 Å².